The summed E-state index contributed by atoms with van der Waals surface area (Å²) in [5, 5.41) is 0. The average molecular weight is 397 g/mol. The van der Waals surface area contributed by atoms with Crippen LogP contribution in [0.4, 0.5) is 17.6 Å². The highest BCUT2D eigenvalue weighted by Gasteiger charge is 2.63. The van der Waals surface area contributed by atoms with Crippen LogP contribution >= 0.6 is 0 Å². The van der Waals surface area contributed by atoms with E-state index < -0.39 is 60.9 Å². The van der Waals surface area contributed by atoms with Crippen LogP contribution in [-0.4, -0.2) is 24.7 Å². The van der Waals surface area contributed by atoms with E-state index in [-0.39, 0.29) is 19.3 Å². The van der Waals surface area contributed by atoms with Crippen LogP contribution in [0.15, 0.2) is 0 Å². The molecule has 0 aromatic heterocycles. The Morgan fingerprint density at radius 2 is 1.58 bits per heavy atom. The first kappa shape index (κ1) is 20.6. The standard InChI is InChI=1S/C16H19F4NO4S/c1-5-8-9(17)10(18)11(19)12(20)13(8)25-14(22)16(6-7-16)26(23,24)21-15(2,3)4/h21H,5-7H2,1-4H3. The summed E-state index contributed by atoms with van der Waals surface area (Å²) in [7, 11) is -4.20. The Kier molecular flexibility index (Phi) is 5.15. The molecule has 1 saturated carbocycles. The van der Waals surface area contributed by atoms with E-state index in [1.165, 1.54) is 6.92 Å². The Morgan fingerprint density at radius 3 is 2.00 bits per heavy atom. The van der Waals surface area contributed by atoms with Gasteiger partial charge < -0.3 is 4.74 Å². The second-order valence-electron chi connectivity index (χ2n) is 7.16. The van der Waals surface area contributed by atoms with E-state index in [1.54, 1.807) is 20.8 Å². The summed E-state index contributed by atoms with van der Waals surface area (Å²) in [6.07, 6.45) is -0.485. The molecule has 1 aromatic rings. The van der Waals surface area contributed by atoms with Crippen LogP contribution < -0.4 is 9.46 Å². The molecule has 0 amide bonds. The number of esters is 1. The maximum atomic E-state index is 14.0. The number of halogens is 4. The third-order valence-electron chi connectivity index (χ3n) is 3.90. The lowest BCUT2D eigenvalue weighted by Gasteiger charge is -2.24. The molecule has 10 heteroatoms. The average Bonchev–Trinajstić information content (AvgIpc) is 3.30. The molecule has 5 nitrogen and oxygen atoms in total. The maximum absolute atomic E-state index is 14.0. The van der Waals surface area contributed by atoms with Gasteiger partial charge in [0.2, 0.25) is 21.7 Å². The third-order valence-corrected chi connectivity index (χ3v) is 6.38. The summed E-state index contributed by atoms with van der Waals surface area (Å²) in [5.41, 5.74) is -1.57. The highest BCUT2D eigenvalue weighted by molar-refractivity contribution is 7.92. The monoisotopic (exact) mass is 397 g/mol. The van der Waals surface area contributed by atoms with E-state index in [0.29, 0.717) is 0 Å². The highest BCUT2D eigenvalue weighted by atomic mass is 32.2. The predicted octanol–water partition coefficient (Wildman–Crippen LogP) is 2.96. The minimum Gasteiger partial charge on any atom is -0.422 e. The topological polar surface area (TPSA) is 72.5 Å². The van der Waals surface area contributed by atoms with Crippen molar-refractivity contribution < 1.29 is 35.5 Å². The van der Waals surface area contributed by atoms with Crippen LogP contribution in [0.1, 0.15) is 46.1 Å². The zero-order valence-corrected chi connectivity index (χ0v) is 15.5. The fourth-order valence-electron chi connectivity index (χ4n) is 2.46. The van der Waals surface area contributed by atoms with Gasteiger partial charge in [0.05, 0.1) is 0 Å². The van der Waals surface area contributed by atoms with Gasteiger partial charge in [0.25, 0.3) is 0 Å². The number of sulfonamides is 1. The van der Waals surface area contributed by atoms with E-state index in [9.17, 15) is 30.8 Å². The van der Waals surface area contributed by atoms with Gasteiger partial charge in [-0.3, -0.25) is 0 Å². The molecule has 0 atom stereocenters. The molecule has 146 valence electrons. The third kappa shape index (κ3) is 3.44. The lowest BCUT2D eigenvalue weighted by molar-refractivity contribution is -0.135. The molecule has 0 spiro atoms. The van der Waals surface area contributed by atoms with E-state index >= 15 is 0 Å². The molecule has 26 heavy (non-hydrogen) atoms. The van der Waals surface area contributed by atoms with Crippen molar-refractivity contribution in [2.24, 2.45) is 0 Å². The number of benzene rings is 1. The quantitative estimate of drug-likeness (QED) is 0.273. The van der Waals surface area contributed by atoms with E-state index in [4.69, 9.17) is 4.74 Å². The fraction of sp³-hybridized carbons (Fsp3) is 0.562. The van der Waals surface area contributed by atoms with E-state index in [2.05, 4.69) is 4.72 Å². The van der Waals surface area contributed by atoms with Crippen molar-refractivity contribution in [2.75, 3.05) is 0 Å². The molecule has 0 saturated heterocycles. The first-order chi connectivity index (χ1) is 11.8. The number of carbonyl (C=O) groups is 1. The van der Waals surface area contributed by atoms with Crippen LogP contribution in [0, 0.1) is 23.3 Å². The first-order valence-electron chi connectivity index (χ1n) is 7.88. The molecule has 0 bridgehead atoms. The first-order valence-corrected chi connectivity index (χ1v) is 9.36. The number of carbonyl (C=O) groups excluding carboxylic acids is 1. The van der Waals surface area contributed by atoms with Crippen LogP contribution in [0.3, 0.4) is 0 Å². The van der Waals surface area contributed by atoms with Gasteiger partial charge in [-0.05, 0) is 40.0 Å². The van der Waals surface area contributed by atoms with Crippen molar-refractivity contribution in [3.8, 4) is 5.75 Å². The normalized spacial score (nSPS) is 16.5. The Bertz CT molecular complexity index is 858. The molecule has 0 heterocycles. The van der Waals surface area contributed by atoms with Crippen molar-refractivity contribution in [1.29, 1.82) is 0 Å². The van der Waals surface area contributed by atoms with Gasteiger partial charge in [-0.15, -0.1) is 0 Å². The Balaban J connectivity index is 2.43. The fourth-order valence-corrected chi connectivity index (χ4v) is 4.36. The molecule has 2 rings (SSSR count). The Morgan fingerprint density at radius 1 is 1.08 bits per heavy atom. The molecule has 0 aliphatic heterocycles. The summed E-state index contributed by atoms with van der Waals surface area (Å²) in [4.78, 5) is 12.4. The van der Waals surface area contributed by atoms with Crippen molar-refractivity contribution in [3.05, 3.63) is 28.8 Å². The predicted molar refractivity (Wildman–Crippen MR) is 85.1 cm³/mol. The van der Waals surface area contributed by atoms with Gasteiger partial charge in [-0.2, -0.15) is 4.39 Å². The summed E-state index contributed by atoms with van der Waals surface area (Å²) in [6, 6.07) is 0. The van der Waals surface area contributed by atoms with Crippen molar-refractivity contribution >= 4 is 16.0 Å². The van der Waals surface area contributed by atoms with Crippen LogP contribution in [0.2, 0.25) is 0 Å². The second-order valence-corrected chi connectivity index (χ2v) is 9.15. The number of hydrogen-bond donors (Lipinski definition) is 1. The molecule has 1 aromatic carbocycles. The van der Waals surface area contributed by atoms with Crippen LogP contribution in [-0.2, 0) is 21.2 Å². The molecule has 1 aliphatic rings. The zero-order chi connectivity index (χ0) is 20.1. The second kappa shape index (κ2) is 6.49. The highest BCUT2D eigenvalue weighted by Crippen LogP contribution is 2.45. The van der Waals surface area contributed by atoms with Gasteiger partial charge in [-0.1, -0.05) is 6.92 Å². The molecular weight excluding hydrogens is 378 g/mol. The Hall–Kier alpha value is -1.68. The lowest BCUT2D eigenvalue weighted by atomic mass is 10.1. The summed E-state index contributed by atoms with van der Waals surface area (Å²) in [6.45, 7) is 6.00. The lowest BCUT2D eigenvalue weighted by Crippen LogP contribution is -2.50. The largest absolute Gasteiger partial charge is 0.422 e. The number of ether oxygens (including phenoxy) is 1. The molecule has 1 fully saturated rings. The number of rotatable bonds is 5. The van der Waals surface area contributed by atoms with Crippen LogP contribution in [0.25, 0.3) is 0 Å². The van der Waals surface area contributed by atoms with E-state index in [0.717, 1.165) is 0 Å². The van der Waals surface area contributed by atoms with Crippen molar-refractivity contribution in [2.45, 2.75) is 57.2 Å². The van der Waals surface area contributed by atoms with Crippen LogP contribution in [0.5, 0.6) is 5.75 Å². The van der Waals surface area contributed by atoms with Gasteiger partial charge in [0, 0.05) is 11.1 Å². The van der Waals surface area contributed by atoms with Gasteiger partial charge in [-0.25, -0.2) is 31.1 Å². The molecule has 1 aliphatic carbocycles. The van der Waals surface area contributed by atoms with E-state index in [1.807, 2.05) is 0 Å². The number of hydrogen-bond acceptors (Lipinski definition) is 4. The van der Waals surface area contributed by atoms with Crippen molar-refractivity contribution in [3.63, 3.8) is 0 Å². The molecule has 0 unspecified atom stereocenters. The Labute approximate surface area is 148 Å². The number of nitrogens with one attached hydrogen (secondary N) is 1. The molecule has 1 N–H and O–H groups in total. The summed E-state index contributed by atoms with van der Waals surface area (Å²) < 4.78 is 84.7. The molecular formula is C16H19F4NO4S. The van der Waals surface area contributed by atoms with Crippen molar-refractivity contribution in [1.82, 2.24) is 4.72 Å². The smallest absolute Gasteiger partial charge is 0.334 e. The van der Waals surface area contributed by atoms with Gasteiger partial charge in [0.1, 0.15) is 0 Å². The minimum absolute atomic E-state index is 0.0908. The van der Waals surface area contributed by atoms with Gasteiger partial charge in [0.15, 0.2) is 22.1 Å². The zero-order valence-electron chi connectivity index (χ0n) is 14.7. The summed E-state index contributed by atoms with van der Waals surface area (Å²) >= 11 is 0. The van der Waals surface area contributed by atoms with Gasteiger partial charge >= 0.3 is 5.97 Å². The maximum Gasteiger partial charge on any atom is 0.334 e. The molecule has 0 radical (unpaired) electrons. The SMILES string of the molecule is CCc1c(F)c(F)c(F)c(F)c1OC(=O)C1(S(=O)(=O)NC(C)(C)C)CC1. The minimum atomic E-state index is -4.20. The summed E-state index contributed by atoms with van der Waals surface area (Å²) in [5.74, 6) is -10.2.